The van der Waals surface area contributed by atoms with Crippen LogP contribution in [0, 0.1) is 0 Å². The van der Waals surface area contributed by atoms with E-state index in [9.17, 15) is 14.4 Å². The highest BCUT2D eigenvalue weighted by molar-refractivity contribution is 6.00. The highest BCUT2D eigenvalue weighted by atomic mass is 16.5. The summed E-state index contributed by atoms with van der Waals surface area (Å²) in [6.45, 7) is 1.08. The molecule has 0 saturated carbocycles. The van der Waals surface area contributed by atoms with Gasteiger partial charge in [0.2, 0.25) is 11.5 Å². The van der Waals surface area contributed by atoms with Gasteiger partial charge in [-0.2, -0.15) is 0 Å². The fourth-order valence-electron chi connectivity index (χ4n) is 2.60. The summed E-state index contributed by atoms with van der Waals surface area (Å²) < 4.78 is 20.7. The molecule has 1 N–H and O–H groups in total. The van der Waals surface area contributed by atoms with Crippen molar-refractivity contribution in [2.75, 3.05) is 27.9 Å². The second kappa shape index (κ2) is 10.1. The van der Waals surface area contributed by atoms with E-state index in [0.29, 0.717) is 22.8 Å². The van der Waals surface area contributed by atoms with Gasteiger partial charge in [0.25, 0.3) is 5.91 Å². The molecule has 0 saturated heterocycles. The number of amides is 1. The molecular formula is C21H23NO7. The summed E-state index contributed by atoms with van der Waals surface area (Å²) in [4.78, 5) is 36.6. The van der Waals surface area contributed by atoms with Crippen molar-refractivity contribution in [1.29, 1.82) is 0 Å². The molecule has 0 aliphatic heterocycles. The third-order valence-electron chi connectivity index (χ3n) is 4.06. The normalized spacial score (nSPS) is 11.2. The van der Waals surface area contributed by atoms with Gasteiger partial charge in [0.1, 0.15) is 6.54 Å². The molecule has 0 aromatic heterocycles. The van der Waals surface area contributed by atoms with Gasteiger partial charge in [-0.15, -0.1) is 0 Å². The van der Waals surface area contributed by atoms with Crippen LogP contribution in [0.5, 0.6) is 17.2 Å². The maximum Gasteiger partial charge on any atom is 0.326 e. The van der Waals surface area contributed by atoms with Crippen molar-refractivity contribution in [3.05, 3.63) is 53.6 Å². The highest BCUT2D eigenvalue weighted by Gasteiger charge is 2.21. The number of Topliss-reactive ketones (excluding diaryl/α,β-unsaturated/α-hetero) is 1. The van der Waals surface area contributed by atoms with E-state index in [1.54, 1.807) is 30.3 Å². The lowest BCUT2D eigenvalue weighted by Crippen LogP contribution is -2.34. The van der Waals surface area contributed by atoms with E-state index in [1.807, 2.05) is 0 Å². The molecule has 0 heterocycles. The first-order valence-corrected chi connectivity index (χ1v) is 8.78. The number of benzene rings is 2. The number of ketones is 1. The number of nitrogens with one attached hydrogen (secondary N) is 1. The lowest BCUT2D eigenvalue weighted by molar-refractivity contribution is -0.145. The standard InChI is InChI=1S/C21H23NO7/c1-13(19(24)14-8-6-5-7-9-14)29-18(23)12-22-21(25)15-10-16(26-2)20(28-4)17(11-15)27-3/h5-11,13H,12H2,1-4H3,(H,22,25)/t13-/m1/s1. The molecule has 0 bridgehead atoms. The molecule has 0 spiro atoms. The monoisotopic (exact) mass is 401 g/mol. The van der Waals surface area contributed by atoms with E-state index in [4.69, 9.17) is 18.9 Å². The Morgan fingerprint density at radius 1 is 0.897 bits per heavy atom. The molecule has 154 valence electrons. The first-order valence-electron chi connectivity index (χ1n) is 8.78. The minimum atomic E-state index is -0.969. The van der Waals surface area contributed by atoms with Crippen molar-refractivity contribution >= 4 is 17.7 Å². The maximum absolute atomic E-state index is 12.4. The summed E-state index contributed by atoms with van der Waals surface area (Å²) in [6, 6.07) is 11.4. The molecule has 1 amide bonds. The van der Waals surface area contributed by atoms with Crippen LogP contribution in [-0.4, -0.2) is 51.6 Å². The van der Waals surface area contributed by atoms with Crippen molar-refractivity contribution in [2.45, 2.75) is 13.0 Å². The average molecular weight is 401 g/mol. The second-order valence-corrected chi connectivity index (χ2v) is 5.96. The van der Waals surface area contributed by atoms with Crippen molar-refractivity contribution < 1.29 is 33.3 Å². The molecule has 8 nitrogen and oxygen atoms in total. The summed E-state index contributed by atoms with van der Waals surface area (Å²) in [7, 11) is 4.32. The Labute approximate surface area is 168 Å². The van der Waals surface area contributed by atoms with Gasteiger partial charge in [0.05, 0.1) is 21.3 Å². The number of ether oxygens (including phenoxy) is 4. The zero-order valence-electron chi connectivity index (χ0n) is 16.7. The number of esters is 1. The average Bonchev–Trinajstić information content (AvgIpc) is 2.76. The van der Waals surface area contributed by atoms with E-state index >= 15 is 0 Å². The van der Waals surface area contributed by atoms with Crippen molar-refractivity contribution in [2.24, 2.45) is 0 Å². The largest absolute Gasteiger partial charge is 0.493 e. The Morgan fingerprint density at radius 3 is 2.00 bits per heavy atom. The minimum absolute atomic E-state index is 0.209. The van der Waals surface area contributed by atoms with Gasteiger partial charge in [-0.25, -0.2) is 0 Å². The van der Waals surface area contributed by atoms with Gasteiger partial charge in [0.15, 0.2) is 17.6 Å². The molecule has 0 fully saturated rings. The summed E-state index contributed by atoms with van der Waals surface area (Å²) in [5.74, 6) is -0.636. The SMILES string of the molecule is COc1cc(C(=O)NCC(=O)O[C@H](C)C(=O)c2ccccc2)cc(OC)c1OC. The molecule has 2 aromatic carbocycles. The van der Waals surface area contributed by atoms with Crippen LogP contribution in [0.25, 0.3) is 0 Å². The quantitative estimate of drug-likeness (QED) is 0.508. The molecule has 8 heteroatoms. The lowest BCUT2D eigenvalue weighted by Gasteiger charge is -2.15. The van der Waals surface area contributed by atoms with Crippen molar-refractivity contribution in [3.8, 4) is 17.2 Å². The number of rotatable bonds is 9. The molecule has 0 radical (unpaired) electrons. The van der Waals surface area contributed by atoms with Gasteiger partial charge < -0.3 is 24.3 Å². The summed E-state index contributed by atoms with van der Waals surface area (Å²) in [5.41, 5.74) is 0.648. The molecule has 2 aromatic rings. The molecule has 1 atom stereocenters. The van der Waals surface area contributed by atoms with E-state index in [2.05, 4.69) is 5.32 Å². The minimum Gasteiger partial charge on any atom is -0.493 e. The van der Waals surface area contributed by atoms with Crippen molar-refractivity contribution in [3.63, 3.8) is 0 Å². The molecule has 0 unspecified atom stereocenters. The first-order chi connectivity index (χ1) is 13.9. The third-order valence-corrected chi connectivity index (χ3v) is 4.06. The number of methoxy groups -OCH3 is 3. The van der Waals surface area contributed by atoms with E-state index in [1.165, 1.54) is 40.4 Å². The van der Waals surface area contributed by atoms with Crippen LogP contribution in [0.1, 0.15) is 27.6 Å². The number of carbonyl (C=O) groups excluding carboxylic acids is 3. The Kier molecular flexibility index (Phi) is 7.59. The molecular weight excluding hydrogens is 378 g/mol. The summed E-state index contributed by atoms with van der Waals surface area (Å²) >= 11 is 0. The molecule has 0 aliphatic rings. The molecule has 29 heavy (non-hydrogen) atoms. The van der Waals surface area contributed by atoms with Crippen LogP contribution in [0.3, 0.4) is 0 Å². The van der Waals surface area contributed by atoms with Crippen molar-refractivity contribution in [1.82, 2.24) is 5.32 Å². The smallest absolute Gasteiger partial charge is 0.326 e. The topological polar surface area (TPSA) is 100 Å². The van der Waals surface area contributed by atoms with Gasteiger partial charge in [0, 0.05) is 11.1 Å². The van der Waals surface area contributed by atoms with Crippen LogP contribution < -0.4 is 19.5 Å². The Bertz CT molecular complexity index is 855. The van der Waals surface area contributed by atoms with Crippen LogP contribution >= 0.6 is 0 Å². The Morgan fingerprint density at radius 2 is 1.48 bits per heavy atom. The van der Waals surface area contributed by atoms with Gasteiger partial charge in [-0.1, -0.05) is 30.3 Å². The zero-order chi connectivity index (χ0) is 21.4. The third kappa shape index (κ3) is 5.47. The number of hydrogen-bond acceptors (Lipinski definition) is 7. The van der Waals surface area contributed by atoms with Gasteiger partial charge in [-0.05, 0) is 19.1 Å². The molecule has 0 aliphatic carbocycles. The summed E-state index contributed by atoms with van der Waals surface area (Å²) in [6.07, 6.45) is -0.969. The lowest BCUT2D eigenvalue weighted by atomic mass is 10.1. The Balaban J connectivity index is 1.98. The van der Waals surface area contributed by atoms with Crippen LogP contribution in [0.2, 0.25) is 0 Å². The van der Waals surface area contributed by atoms with E-state index < -0.39 is 24.5 Å². The maximum atomic E-state index is 12.4. The predicted molar refractivity (Wildman–Crippen MR) is 105 cm³/mol. The van der Waals surface area contributed by atoms with Gasteiger partial charge >= 0.3 is 5.97 Å². The van der Waals surface area contributed by atoms with Crippen LogP contribution in [0.15, 0.2) is 42.5 Å². The van der Waals surface area contributed by atoms with E-state index in [0.717, 1.165) is 0 Å². The fourth-order valence-corrected chi connectivity index (χ4v) is 2.60. The number of carbonyl (C=O) groups is 3. The predicted octanol–water partition coefficient (Wildman–Crippen LogP) is 2.26. The number of hydrogen-bond donors (Lipinski definition) is 1. The highest BCUT2D eigenvalue weighted by Crippen LogP contribution is 2.38. The van der Waals surface area contributed by atoms with Crippen LogP contribution in [0.4, 0.5) is 0 Å². The Hall–Kier alpha value is -3.55. The van der Waals surface area contributed by atoms with Crippen LogP contribution in [-0.2, 0) is 9.53 Å². The second-order valence-electron chi connectivity index (χ2n) is 5.96. The van der Waals surface area contributed by atoms with Gasteiger partial charge in [-0.3, -0.25) is 14.4 Å². The summed E-state index contributed by atoms with van der Waals surface area (Å²) in [5, 5.41) is 2.45. The first kappa shape index (κ1) is 21.7. The molecule has 2 rings (SSSR count). The fraction of sp³-hybridized carbons (Fsp3) is 0.286. The zero-order valence-corrected chi connectivity index (χ0v) is 16.7. The van der Waals surface area contributed by atoms with E-state index in [-0.39, 0.29) is 11.3 Å².